The lowest BCUT2D eigenvalue weighted by Crippen LogP contribution is -2.30. The van der Waals surface area contributed by atoms with Gasteiger partial charge in [0.25, 0.3) is 0 Å². The summed E-state index contributed by atoms with van der Waals surface area (Å²) in [6.45, 7) is 0.653. The second kappa shape index (κ2) is 5.78. The van der Waals surface area contributed by atoms with Crippen LogP contribution in [0, 0.1) is 0 Å². The molecule has 20 heavy (non-hydrogen) atoms. The fourth-order valence-corrected chi connectivity index (χ4v) is 3.37. The molecule has 108 valence electrons. The topological polar surface area (TPSA) is 72.6 Å². The van der Waals surface area contributed by atoms with Crippen LogP contribution in [0.15, 0.2) is 41.3 Å². The molecule has 0 atom stereocenters. The molecule has 0 aromatic heterocycles. The number of ether oxygens (including phenoxy) is 1. The van der Waals surface area contributed by atoms with Crippen LogP contribution < -0.4 is 5.73 Å². The highest BCUT2D eigenvalue weighted by molar-refractivity contribution is 7.89. The predicted molar refractivity (Wildman–Crippen MR) is 80.1 cm³/mol. The van der Waals surface area contributed by atoms with Crippen molar-refractivity contribution in [3.05, 3.63) is 36.4 Å². The minimum atomic E-state index is -3.56. The summed E-state index contributed by atoms with van der Waals surface area (Å²) in [5.74, 6) is 0. The molecule has 5 nitrogen and oxygen atoms in total. The van der Waals surface area contributed by atoms with Crippen molar-refractivity contribution in [3.63, 3.8) is 0 Å². The van der Waals surface area contributed by atoms with Gasteiger partial charge in [0.2, 0.25) is 10.0 Å². The highest BCUT2D eigenvalue weighted by Gasteiger charge is 2.23. The largest absolute Gasteiger partial charge is 0.398 e. The van der Waals surface area contributed by atoms with Gasteiger partial charge in [-0.15, -0.1) is 0 Å². The highest BCUT2D eigenvalue weighted by Crippen LogP contribution is 2.29. The average Bonchev–Trinajstić information content (AvgIpc) is 2.45. The van der Waals surface area contributed by atoms with Crippen LogP contribution in [0.2, 0.25) is 0 Å². The van der Waals surface area contributed by atoms with Gasteiger partial charge in [-0.3, -0.25) is 0 Å². The van der Waals surface area contributed by atoms with Gasteiger partial charge in [-0.05, 0) is 12.1 Å². The molecule has 2 rings (SSSR count). The third-order valence-electron chi connectivity index (χ3n) is 3.22. The molecular weight excluding hydrogens is 276 g/mol. The Morgan fingerprint density at radius 1 is 1.15 bits per heavy atom. The lowest BCUT2D eigenvalue weighted by atomic mass is 10.1. The summed E-state index contributed by atoms with van der Waals surface area (Å²) in [6.07, 6.45) is 0. The van der Waals surface area contributed by atoms with Crippen molar-refractivity contribution in [2.24, 2.45) is 0 Å². The van der Waals surface area contributed by atoms with Crippen LogP contribution >= 0.6 is 0 Å². The van der Waals surface area contributed by atoms with Gasteiger partial charge in [-0.2, -0.15) is 4.31 Å². The molecule has 6 heteroatoms. The smallest absolute Gasteiger partial charge is 0.243 e. The first-order valence-electron chi connectivity index (χ1n) is 6.21. The van der Waals surface area contributed by atoms with Crippen molar-refractivity contribution in [3.8, 4) is 0 Å². The Morgan fingerprint density at radius 3 is 2.45 bits per heavy atom. The number of hydrogen-bond donors (Lipinski definition) is 1. The monoisotopic (exact) mass is 294 g/mol. The lowest BCUT2D eigenvalue weighted by Gasteiger charge is -2.18. The third-order valence-corrected chi connectivity index (χ3v) is 5.13. The van der Waals surface area contributed by atoms with Crippen LogP contribution in [0.1, 0.15) is 0 Å². The zero-order valence-electron chi connectivity index (χ0n) is 11.5. The van der Waals surface area contributed by atoms with Crippen molar-refractivity contribution < 1.29 is 13.2 Å². The molecule has 0 spiro atoms. The number of methoxy groups -OCH3 is 1. The Morgan fingerprint density at radius 2 is 1.80 bits per heavy atom. The molecule has 0 aliphatic carbocycles. The average molecular weight is 294 g/mol. The molecule has 2 aromatic rings. The Hall–Kier alpha value is -1.63. The molecule has 2 N–H and O–H groups in total. The van der Waals surface area contributed by atoms with Crippen molar-refractivity contribution in [2.45, 2.75) is 4.90 Å². The van der Waals surface area contributed by atoms with E-state index in [0.29, 0.717) is 24.2 Å². The number of fused-ring (bicyclic) bond motifs is 1. The molecule has 0 radical (unpaired) electrons. The molecule has 0 fully saturated rings. The number of benzene rings is 2. The fourth-order valence-electron chi connectivity index (χ4n) is 2.03. The molecule has 2 aromatic carbocycles. The SMILES string of the molecule is COCCN(C)S(=O)(=O)c1ccc(N)c2ccccc12. The van der Waals surface area contributed by atoms with E-state index in [4.69, 9.17) is 10.5 Å². The van der Waals surface area contributed by atoms with Gasteiger partial charge < -0.3 is 10.5 Å². The Balaban J connectivity index is 2.55. The zero-order valence-corrected chi connectivity index (χ0v) is 12.4. The van der Waals surface area contributed by atoms with E-state index in [1.165, 1.54) is 4.31 Å². The normalized spacial score (nSPS) is 12.2. The second-order valence-electron chi connectivity index (χ2n) is 4.52. The first-order valence-corrected chi connectivity index (χ1v) is 7.65. The van der Waals surface area contributed by atoms with E-state index in [2.05, 4.69) is 0 Å². The molecule has 0 amide bonds. The molecule has 0 aliphatic rings. The summed E-state index contributed by atoms with van der Waals surface area (Å²) in [7, 11) is -0.475. The van der Waals surface area contributed by atoms with Crippen LogP contribution in [0.4, 0.5) is 5.69 Å². The number of nitrogens with two attached hydrogens (primary N) is 1. The summed E-state index contributed by atoms with van der Waals surface area (Å²) in [5, 5.41) is 1.38. The van der Waals surface area contributed by atoms with Crippen molar-refractivity contribution in [1.29, 1.82) is 0 Å². The van der Waals surface area contributed by atoms with E-state index >= 15 is 0 Å². The first kappa shape index (κ1) is 14.8. The van der Waals surface area contributed by atoms with Gasteiger partial charge in [0, 0.05) is 37.2 Å². The third kappa shape index (κ3) is 2.63. The molecule has 0 unspecified atom stereocenters. The quantitative estimate of drug-likeness (QED) is 0.852. The predicted octanol–water partition coefficient (Wildman–Crippen LogP) is 1.69. The van der Waals surface area contributed by atoms with Crippen molar-refractivity contribution in [1.82, 2.24) is 4.31 Å². The standard InChI is InChI=1S/C14H18N2O3S/c1-16(9-10-19-2)20(17,18)14-8-7-13(15)11-5-3-4-6-12(11)14/h3-8H,9-10,15H2,1-2H3. The van der Waals surface area contributed by atoms with Gasteiger partial charge in [0.15, 0.2) is 0 Å². The molecule has 0 bridgehead atoms. The van der Waals surface area contributed by atoms with E-state index in [0.717, 1.165) is 5.39 Å². The molecule has 0 saturated carbocycles. The van der Waals surface area contributed by atoms with Crippen molar-refractivity contribution in [2.75, 3.05) is 33.0 Å². The number of rotatable bonds is 5. The number of anilines is 1. The van der Waals surface area contributed by atoms with Crippen LogP contribution in [-0.4, -0.2) is 40.0 Å². The van der Waals surface area contributed by atoms with E-state index in [1.54, 1.807) is 38.4 Å². The van der Waals surface area contributed by atoms with Crippen LogP contribution in [-0.2, 0) is 14.8 Å². The number of likely N-dealkylation sites (N-methyl/N-ethyl adjacent to an activating group) is 1. The van der Waals surface area contributed by atoms with Crippen LogP contribution in [0.5, 0.6) is 0 Å². The molecular formula is C14H18N2O3S. The van der Waals surface area contributed by atoms with E-state index in [9.17, 15) is 8.42 Å². The van der Waals surface area contributed by atoms with Gasteiger partial charge in [0.1, 0.15) is 0 Å². The Labute approximate surface area is 119 Å². The number of nitrogens with zero attached hydrogens (tertiary/aromatic N) is 1. The Kier molecular flexibility index (Phi) is 4.27. The van der Waals surface area contributed by atoms with Gasteiger partial charge in [-0.25, -0.2) is 8.42 Å². The maximum Gasteiger partial charge on any atom is 0.243 e. The zero-order chi connectivity index (χ0) is 14.8. The minimum Gasteiger partial charge on any atom is -0.398 e. The van der Waals surface area contributed by atoms with E-state index < -0.39 is 10.0 Å². The summed E-state index contributed by atoms with van der Waals surface area (Å²) in [6, 6.07) is 10.4. The summed E-state index contributed by atoms with van der Waals surface area (Å²) >= 11 is 0. The Bertz CT molecular complexity index is 713. The first-order chi connectivity index (χ1) is 9.48. The molecule has 0 saturated heterocycles. The van der Waals surface area contributed by atoms with E-state index in [1.807, 2.05) is 12.1 Å². The van der Waals surface area contributed by atoms with Crippen LogP contribution in [0.3, 0.4) is 0 Å². The minimum absolute atomic E-state index is 0.265. The number of nitrogen functional groups attached to an aromatic ring is 1. The second-order valence-corrected chi connectivity index (χ2v) is 6.53. The van der Waals surface area contributed by atoms with Gasteiger partial charge >= 0.3 is 0 Å². The van der Waals surface area contributed by atoms with Crippen molar-refractivity contribution >= 4 is 26.5 Å². The van der Waals surface area contributed by atoms with E-state index in [-0.39, 0.29) is 4.90 Å². The fraction of sp³-hybridized carbons (Fsp3) is 0.286. The number of sulfonamides is 1. The highest BCUT2D eigenvalue weighted by atomic mass is 32.2. The lowest BCUT2D eigenvalue weighted by molar-refractivity contribution is 0.185. The maximum absolute atomic E-state index is 12.6. The van der Waals surface area contributed by atoms with Gasteiger partial charge in [-0.1, -0.05) is 24.3 Å². The summed E-state index contributed by atoms with van der Waals surface area (Å²) in [4.78, 5) is 0.265. The van der Waals surface area contributed by atoms with Gasteiger partial charge in [0.05, 0.1) is 11.5 Å². The molecule has 0 aliphatic heterocycles. The number of hydrogen-bond acceptors (Lipinski definition) is 4. The van der Waals surface area contributed by atoms with Crippen LogP contribution in [0.25, 0.3) is 10.8 Å². The molecule has 0 heterocycles. The summed E-state index contributed by atoms with van der Waals surface area (Å²) in [5.41, 5.74) is 6.46. The maximum atomic E-state index is 12.6. The summed E-state index contributed by atoms with van der Waals surface area (Å²) < 4.78 is 31.4.